The number of carbonyl (C=O) groups excluding carboxylic acids is 1. The minimum atomic E-state index is -1.92. The monoisotopic (exact) mass is 299 g/mol. The van der Waals surface area contributed by atoms with Gasteiger partial charge in [-0.3, -0.25) is 10.1 Å². The highest BCUT2D eigenvalue weighted by Gasteiger charge is 2.29. The van der Waals surface area contributed by atoms with Crippen LogP contribution in [0.25, 0.3) is 0 Å². The second-order valence-electron chi connectivity index (χ2n) is 3.98. The van der Waals surface area contributed by atoms with E-state index >= 15 is 0 Å². The highest BCUT2D eigenvalue weighted by Crippen LogP contribution is 2.25. The zero-order valence-electron chi connectivity index (χ0n) is 10.9. The molecule has 0 radical (unpaired) electrons. The first-order valence-electron chi connectivity index (χ1n) is 5.84. The van der Waals surface area contributed by atoms with E-state index in [2.05, 4.69) is 4.74 Å². The van der Waals surface area contributed by atoms with E-state index < -0.39 is 40.3 Å². The van der Waals surface area contributed by atoms with Crippen molar-refractivity contribution in [2.24, 2.45) is 0 Å². The molecular formula is C12H13NO8. The van der Waals surface area contributed by atoms with Gasteiger partial charge in [0.15, 0.2) is 6.10 Å². The number of esters is 1. The average molecular weight is 299 g/mol. The van der Waals surface area contributed by atoms with Crippen molar-refractivity contribution in [3.63, 3.8) is 0 Å². The summed E-state index contributed by atoms with van der Waals surface area (Å²) in [5, 5.41) is 39.0. The van der Waals surface area contributed by atoms with Gasteiger partial charge in [-0.15, -0.1) is 0 Å². The van der Waals surface area contributed by atoms with E-state index in [1.807, 2.05) is 0 Å². The van der Waals surface area contributed by atoms with Gasteiger partial charge < -0.3 is 20.1 Å². The molecule has 0 saturated carbocycles. The van der Waals surface area contributed by atoms with Crippen molar-refractivity contribution < 1.29 is 34.6 Å². The second-order valence-corrected chi connectivity index (χ2v) is 3.98. The fraction of sp³-hybridized carbons (Fsp3) is 0.333. The van der Waals surface area contributed by atoms with Crippen LogP contribution in [0.5, 0.6) is 0 Å². The van der Waals surface area contributed by atoms with Gasteiger partial charge in [0.05, 0.1) is 11.5 Å². The molecule has 0 spiro atoms. The third kappa shape index (κ3) is 3.74. The largest absolute Gasteiger partial charge is 0.477 e. The van der Waals surface area contributed by atoms with Crippen molar-refractivity contribution in [2.45, 2.75) is 19.1 Å². The number of aromatic carboxylic acids is 1. The Morgan fingerprint density at radius 1 is 1.38 bits per heavy atom. The molecule has 1 rings (SSSR count). The number of aliphatic hydroxyl groups excluding tert-OH is 2. The van der Waals surface area contributed by atoms with Gasteiger partial charge in [-0.25, -0.2) is 9.59 Å². The Balaban J connectivity index is 3.14. The normalized spacial score (nSPS) is 13.3. The first-order chi connectivity index (χ1) is 9.79. The van der Waals surface area contributed by atoms with E-state index in [0.29, 0.717) is 0 Å². The topological polar surface area (TPSA) is 147 Å². The Hall–Kier alpha value is -2.52. The van der Waals surface area contributed by atoms with Crippen LogP contribution in [0, 0.1) is 10.1 Å². The second kappa shape index (κ2) is 6.77. The molecular weight excluding hydrogens is 286 g/mol. The number of nitro groups is 1. The van der Waals surface area contributed by atoms with Crippen LogP contribution in [0.3, 0.4) is 0 Å². The van der Waals surface area contributed by atoms with Crippen LogP contribution < -0.4 is 0 Å². The molecule has 0 heterocycles. The molecule has 3 N–H and O–H groups in total. The molecule has 0 aliphatic heterocycles. The molecule has 0 fully saturated rings. The number of carboxylic acid groups (broad SMARTS) is 1. The maximum atomic E-state index is 11.3. The molecule has 0 aromatic heterocycles. The van der Waals surface area contributed by atoms with Crippen molar-refractivity contribution in [1.82, 2.24) is 0 Å². The number of carbonyl (C=O) groups is 2. The predicted octanol–water partition coefficient (Wildman–Crippen LogP) is 0.250. The Morgan fingerprint density at radius 3 is 2.48 bits per heavy atom. The number of hydrogen-bond acceptors (Lipinski definition) is 7. The summed E-state index contributed by atoms with van der Waals surface area (Å²) in [7, 11) is 0. The number of nitrogens with zero attached hydrogens (tertiary/aromatic N) is 1. The summed E-state index contributed by atoms with van der Waals surface area (Å²) >= 11 is 0. The van der Waals surface area contributed by atoms with Gasteiger partial charge in [-0.2, -0.15) is 0 Å². The number of rotatable bonds is 6. The standard InChI is InChI=1S/C12H13NO8/c1-2-21-12(18)10(15)9(14)6-3-4-8(13(19)20)7(5-6)11(16)17/h3-5,9-10,14-15H,2H2,1H3,(H,16,17). The number of hydrogen-bond donors (Lipinski definition) is 3. The zero-order chi connectivity index (χ0) is 16.2. The van der Waals surface area contributed by atoms with E-state index in [9.17, 15) is 29.9 Å². The van der Waals surface area contributed by atoms with Crippen molar-refractivity contribution in [2.75, 3.05) is 6.61 Å². The molecule has 0 aliphatic carbocycles. The number of aliphatic hydroxyl groups is 2. The average Bonchev–Trinajstić information content (AvgIpc) is 2.45. The Labute approximate surface area is 118 Å². The molecule has 1 aromatic rings. The van der Waals surface area contributed by atoms with Crippen LogP contribution in [-0.4, -0.2) is 44.9 Å². The molecule has 0 aliphatic rings. The van der Waals surface area contributed by atoms with Crippen LogP contribution in [0.2, 0.25) is 0 Å². The summed E-state index contributed by atoms with van der Waals surface area (Å²) in [6.45, 7) is 1.49. The third-order valence-corrected chi connectivity index (χ3v) is 2.62. The van der Waals surface area contributed by atoms with E-state index in [1.165, 1.54) is 6.92 Å². The number of nitro benzene ring substituents is 1. The fourth-order valence-corrected chi connectivity index (χ4v) is 1.61. The summed E-state index contributed by atoms with van der Waals surface area (Å²) in [5.74, 6) is -2.65. The van der Waals surface area contributed by atoms with Crippen LogP contribution in [-0.2, 0) is 9.53 Å². The minimum Gasteiger partial charge on any atom is -0.477 e. The predicted molar refractivity (Wildman–Crippen MR) is 67.7 cm³/mol. The molecule has 114 valence electrons. The van der Waals surface area contributed by atoms with E-state index in [-0.39, 0.29) is 12.2 Å². The molecule has 21 heavy (non-hydrogen) atoms. The Morgan fingerprint density at radius 2 is 2.00 bits per heavy atom. The smallest absolute Gasteiger partial charge is 0.342 e. The molecule has 2 unspecified atom stereocenters. The SMILES string of the molecule is CCOC(=O)C(O)C(O)c1ccc([N+](=O)[O-])c(C(=O)O)c1. The summed E-state index contributed by atoms with van der Waals surface area (Å²) in [6, 6.07) is 2.76. The highest BCUT2D eigenvalue weighted by atomic mass is 16.6. The highest BCUT2D eigenvalue weighted by molar-refractivity contribution is 5.92. The number of ether oxygens (including phenoxy) is 1. The van der Waals surface area contributed by atoms with Crippen LogP contribution in [0.1, 0.15) is 28.9 Å². The van der Waals surface area contributed by atoms with Gasteiger partial charge in [-0.1, -0.05) is 0 Å². The van der Waals surface area contributed by atoms with Gasteiger partial charge in [0.2, 0.25) is 0 Å². The van der Waals surface area contributed by atoms with Crippen molar-refractivity contribution in [3.8, 4) is 0 Å². The van der Waals surface area contributed by atoms with E-state index in [4.69, 9.17) is 5.11 Å². The van der Waals surface area contributed by atoms with Gasteiger partial charge >= 0.3 is 11.9 Å². The lowest BCUT2D eigenvalue weighted by atomic mass is 10.0. The number of carboxylic acids is 1. The Kier molecular flexibility index (Phi) is 5.33. The first-order valence-corrected chi connectivity index (χ1v) is 5.84. The summed E-state index contributed by atoms with van der Waals surface area (Å²) in [4.78, 5) is 32.1. The zero-order valence-corrected chi connectivity index (χ0v) is 10.9. The van der Waals surface area contributed by atoms with E-state index in [0.717, 1.165) is 18.2 Å². The molecule has 2 atom stereocenters. The number of benzene rings is 1. The van der Waals surface area contributed by atoms with Gasteiger partial charge in [0.1, 0.15) is 11.7 Å². The van der Waals surface area contributed by atoms with Gasteiger partial charge in [0.25, 0.3) is 5.69 Å². The third-order valence-electron chi connectivity index (χ3n) is 2.62. The lowest BCUT2D eigenvalue weighted by Crippen LogP contribution is -2.30. The molecule has 1 aromatic carbocycles. The summed E-state index contributed by atoms with van der Waals surface area (Å²) < 4.78 is 4.51. The molecule has 0 saturated heterocycles. The quantitative estimate of drug-likeness (QED) is 0.384. The molecule has 9 heteroatoms. The van der Waals surface area contributed by atoms with Crippen molar-refractivity contribution in [3.05, 3.63) is 39.4 Å². The van der Waals surface area contributed by atoms with Crippen LogP contribution in [0.15, 0.2) is 18.2 Å². The fourth-order valence-electron chi connectivity index (χ4n) is 1.61. The molecule has 0 amide bonds. The maximum Gasteiger partial charge on any atom is 0.342 e. The van der Waals surface area contributed by atoms with Gasteiger partial charge in [-0.05, 0) is 24.6 Å². The molecule has 9 nitrogen and oxygen atoms in total. The maximum absolute atomic E-state index is 11.3. The Bertz CT molecular complexity index is 570. The molecule has 0 bridgehead atoms. The van der Waals surface area contributed by atoms with E-state index in [1.54, 1.807) is 0 Å². The van der Waals surface area contributed by atoms with Gasteiger partial charge in [0, 0.05) is 6.07 Å². The summed E-state index contributed by atoms with van der Waals surface area (Å²) in [5.41, 5.74) is -1.48. The first kappa shape index (κ1) is 16.5. The lowest BCUT2D eigenvalue weighted by molar-refractivity contribution is -0.385. The van der Waals surface area contributed by atoms with Crippen molar-refractivity contribution >= 4 is 17.6 Å². The van der Waals surface area contributed by atoms with Crippen LogP contribution in [0.4, 0.5) is 5.69 Å². The van der Waals surface area contributed by atoms with Crippen molar-refractivity contribution in [1.29, 1.82) is 0 Å². The minimum absolute atomic E-state index is 0.0107. The van der Waals surface area contributed by atoms with Crippen LogP contribution >= 0.6 is 0 Å². The summed E-state index contributed by atoms with van der Waals surface area (Å²) in [6.07, 6.45) is -3.68. The lowest BCUT2D eigenvalue weighted by Gasteiger charge is -2.17.